The third kappa shape index (κ3) is 1.91. The van der Waals surface area contributed by atoms with Crippen molar-refractivity contribution in [2.75, 3.05) is 13.1 Å². The molecular formula is C10H13N3O3. The number of rotatable bonds is 1. The maximum absolute atomic E-state index is 12.0. The van der Waals surface area contributed by atoms with Crippen molar-refractivity contribution < 1.29 is 14.5 Å². The lowest BCUT2D eigenvalue weighted by atomic mass is 10.1. The van der Waals surface area contributed by atoms with Gasteiger partial charge in [-0.2, -0.15) is 0 Å². The van der Waals surface area contributed by atoms with Gasteiger partial charge in [-0.05, 0) is 6.92 Å². The highest BCUT2D eigenvalue weighted by atomic mass is 16.5. The van der Waals surface area contributed by atoms with Crippen LogP contribution in [0.1, 0.15) is 29.0 Å². The van der Waals surface area contributed by atoms with Crippen molar-refractivity contribution in [2.24, 2.45) is 5.16 Å². The molecule has 1 fully saturated rings. The fourth-order valence-electron chi connectivity index (χ4n) is 1.74. The molecule has 1 aromatic heterocycles. The Morgan fingerprint density at radius 3 is 2.75 bits per heavy atom. The Hall–Kier alpha value is -1.85. The van der Waals surface area contributed by atoms with Crippen LogP contribution in [0.15, 0.2) is 15.9 Å². The van der Waals surface area contributed by atoms with Crippen LogP contribution >= 0.6 is 0 Å². The molecule has 0 bridgehead atoms. The largest absolute Gasteiger partial charge is 0.411 e. The molecule has 0 radical (unpaired) electrons. The van der Waals surface area contributed by atoms with E-state index in [1.807, 2.05) is 0 Å². The zero-order chi connectivity index (χ0) is 11.5. The number of aryl methyl sites for hydroxylation is 1. The third-order valence-electron chi connectivity index (χ3n) is 2.75. The van der Waals surface area contributed by atoms with E-state index in [9.17, 15) is 4.79 Å². The molecule has 0 aromatic carbocycles. The Bertz CT molecular complexity index is 415. The number of carbonyl (C=O) groups excluding carboxylic acids is 1. The van der Waals surface area contributed by atoms with Gasteiger partial charge in [0.15, 0.2) is 0 Å². The Morgan fingerprint density at radius 1 is 1.56 bits per heavy atom. The minimum absolute atomic E-state index is 0.0734. The summed E-state index contributed by atoms with van der Waals surface area (Å²) in [6, 6.07) is 0. The molecule has 0 aliphatic carbocycles. The van der Waals surface area contributed by atoms with Gasteiger partial charge in [0.2, 0.25) is 0 Å². The molecule has 1 aliphatic heterocycles. The molecule has 0 atom stereocenters. The highest BCUT2D eigenvalue weighted by Crippen LogP contribution is 2.14. The van der Waals surface area contributed by atoms with Gasteiger partial charge >= 0.3 is 0 Å². The molecule has 1 aliphatic rings. The maximum Gasteiger partial charge on any atom is 0.259 e. The van der Waals surface area contributed by atoms with E-state index in [2.05, 4.69) is 10.3 Å². The normalized spacial score (nSPS) is 16.3. The van der Waals surface area contributed by atoms with Crippen LogP contribution in [-0.2, 0) is 0 Å². The van der Waals surface area contributed by atoms with Gasteiger partial charge in [-0.1, -0.05) is 10.3 Å². The van der Waals surface area contributed by atoms with Gasteiger partial charge in [0, 0.05) is 25.9 Å². The maximum atomic E-state index is 12.0. The summed E-state index contributed by atoms with van der Waals surface area (Å²) in [4.78, 5) is 13.7. The molecule has 16 heavy (non-hydrogen) atoms. The molecule has 0 saturated carbocycles. The van der Waals surface area contributed by atoms with Crippen LogP contribution in [0.2, 0.25) is 0 Å². The van der Waals surface area contributed by atoms with Gasteiger partial charge in [0.25, 0.3) is 5.91 Å². The molecular weight excluding hydrogens is 210 g/mol. The van der Waals surface area contributed by atoms with Crippen LogP contribution in [0.4, 0.5) is 0 Å². The summed E-state index contributed by atoms with van der Waals surface area (Å²) in [6.07, 6.45) is 2.67. The van der Waals surface area contributed by atoms with E-state index in [4.69, 9.17) is 9.73 Å². The van der Waals surface area contributed by atoms with E-state index in [1.54, 1.807) is 11.8 Å². The van der Waals surface area contributed by atoms with Gasteiger partial charge in [-0.15, -0.1) is 0 Å². The van der Waals surface area contributed by atoms with Gasteiger partial charge in [-0.25, -0.2) is 0 Å². The van der Waals surface area contributed by atoms with Crippen LogP contribution in [0.25, 0.3) is 0 Å². The lowest BCUT2D eigenvalue weighted by molar-refractivity contribution is 0.0752. The first-order valence-electron chi connectivity index (χ1n) is 5.12. The number of oxime groups is 1. The van der Waals surface area contributed by atoms with Crippen LogP contribution < -0.4 is 0 Å². The van der Waals surface area contributed by atoms with Crippen molar-refractivity contribution in [1.29, 1.82) is 0 Å². The van der Waals surface area contributed by atoms with Crippen LogP contribution in [-0.4, -0.2) is 40.0 Å². The zero-order valence-electron chi connectivity index (χ0n) is 9.01. The van der Waals surface area contributed by atoms with E-state index in [1.165, 1.54) is 6.20 Å². The van der Waals surface area contributed by atoms with E-state index in [-0.39, 0.29) is 5.91 Å². The number of nitrogens with zero attached hydrogens (tertiary/aromatic N) is 3. The Kier molecular flexibility index (Phi) is 2.89. The first kappa shape index (κ1) is 10.7. The van der Waals surface area contributed by atoms with Gasteiger partial charge < -0.3 is 14.6 Å². The molecule has 2 heterocycles. The van der Waals surface area contributed by atoms with E-state index < -0.39 is 0 Å². The first-order valence-corrected chi connectivity index (χ1v) is 5.12. The Morgan fingerprint density at radius 2 is 2.25 bits per heavy atom. The van der Waals surface area contributed by atoms with Crippen LogP contribution in [0, 0.1) is 6.92 Å². The number of hydrogen-bond donors (Lipinski definition) is 1. The number of carbonyl (C=O) groups is 1. The average Bonchev–Trinajstić information content (AvgIpc) is 2.75. The van der Waals surface area contributed by atoms with Crippen molar-refractivity contribution in [3.8, 4) is 0 Å². The van der Waals surface area contributed by atoms with Gasteiger partial charge in [0.1, 0.15) is 11.3 Å². The second kappa shape index (κ2) is 4.34. The highest BCUT2D eigenvalue weighted by molar-refractivity contribution is 5.96. The van der Waals surface area contributed by atoms with Crippen molar-refractivity contribution in [3.63, 3.8) is 0 Å². The minimum Gasteiger partial charge on any atom is -0.411 e. The number of piperidine rings is 1. The summed E-state index contributed by atoms with van der Waals surface area (Å²) >= 11 is 0. The average molecular weight is 223 g/mol. The first-order chi connectivity index (χ1) is 7.72. The molecule has 6 nitrogen and oxygen atoms in total. The third-order valence-corrected chi connectivity index (χ3v) is 2.75. The predicted molar refractivity (Wildman–Crippen MR) is 55.6 cm³/mol. The number of aromatic nitrogens is 1. The summed E-state index contributed by atoms with van der Waals surface area (Å²) in [6.45, 7) is 2.86. The molecule has 1 N–H and O–H groups in total. The summed E-state index contributed by atoms with van der Waals surface area (Å²) in [5.41, 5.74) is 1.25. The number of likely N-dealkylation sites (tertiary alicyclic amines) is 1. The quantitative estimate of drug-likeness (QED) is 0.570. The highest BCUT2D eigenvalue weighted by Gasteiger charge is 2.23. The molecule has 2 rings (SSSR count). The Labute approximate surface area is 92.5 Å². The fourth-order valence-corrected chi connectivity index (χ4v) is 1.74. The van der Waals surface area contributed by atoms with Crippen LogP contribution in [0.5, 0.6) is 0 Å². The topological polar surface area (TPSA) is 78.9 Å². The predicted octanol–water partition coefficient (Wildman–Crippen LogP) is 1.05. The number of amides is 1. The van der Waals surface area contributed by atoms with E-state index >= 15 is 0 Å². The smallest absolute Gasteiger partial charge is 0.259 e. The molecule has 0 unspecified atom stereocenters. The molecule has 1 aromatic rings. The second-order valence-corrected chi connectivity index (χ2v) is 3.75. The molecule has 1 amide bonds. The summed E-state index contributed by atoms with van der Waals surface area (Å²) in [7, 11) is 0. The summed E-state index contributed by atoms with van der Waals surface area (Å²) < 4.78 is 4.86. The van der Waals surface area contributed by atoms with Crippen molar-refractivity contribution in [2.45, 2.75) is 19.8 Å². The molecule has 6 heteroatoms. The molecule has 86 valence electrons. The monoisotopic (exact) mass is 223 g/mol. The summed E-state index contributed by atoms with van der Waals surface area (Å²) in [5.74, 6) is 0.461. The molecule has 0 spiro atoms. The summed E-state index contributed by atoms with van der Waals surface area (Å²) in [5, 5.41) is 15.4. The van der Waals surface area contributed by atoms with E-state index in [0.717, 1.165) is 5.71 Å². The molecule has 1 saturated heterocycles. The van der Waals surface area contributed by atoms with Crippen molar-refractivity contribution in [1.82, 2.24) is 10.1 Å². The van der Waals surface area contributed by atoms with Gasteiger partial charge in [0.05, 0.1) is 11.9 Å². The zero-order valence-corrected chi connectivity index (χ0v) is 9.01. The SMILES string of the molecule is Cc1oncc1C(=O)N1CCC(=NO)CC1. The fraction of sp³-hybridized carbons (Fsp3) is 0.500. The standard InChI is InChI=1S/C10H13N3O3/c1-7-9(6-11-16-7)10(14)13-4-2-8(12-15)3-5-13/h6,15H,2-5H2,1H3. The van der Waals surface area contributed by atoms with Crippen LogP contribution in [0.3, 0.4) is 0 Å². The minimum atomic E-state index is -0.0734. The van der Waals surface area contributed by atoms with E-state index in [0.29, 0.717) is 37.3 Å². The second-order valence-electron chi connectivity index (χ2n) is 3.75. The van der Waals surface area contributed by atoms with Crippen molar-refractivity contribution >= 4 is 11.6 Å². The van der Waals surface area contributed by atoms with Gasteiger partial charge in [-0.3, -0.25) is 4.79 Å². The lowest BCUT2D eigenvalue weighted by Gasteiger charge is -2.26. The van der Waals surface area contributed by atoms with Crippen molar-refractivity contribution in [3.05, 3.63) is 17.5 Å². The number of hydrogen-bond acceptors (Lipinski definition) is 5. The lowest BCUT2D eigenvalue weighted by Crippen LogP contribution is -2.38. The Balaban J connectivity index is 2.05.